The SMILES string of the molecule is CNc1ncc(CCc2ccc3c(c2)C(C)(C)CN3C(=O)[C@H]2CC(=O)N(c3cccc(C#N)c3)C2)cn1. The summed E-state index contributed by atoms with van der Waals surface area (Å²) in [6, 6.07) is 15.4. The van der Waals surface area contributed by atoms with Crippen molar-refractivity contribution in [2.45, 2.75) is 38.5 Å². The Hall–Kier alpha value is -4.25. The zero-order chi connectivity index (χ0) is 26.2. The molecule has 188 valence electrons. The predicted molar refractivity (Wildman–Crippen MR) is 142 cm³/mol. The summed E-state index contributed by atoms with van der Waals surface area (Å²) in [5.41, 5.74) is 5.33. The molecule has 5 rings (SSSR count). The number of benzene rings is 2. The number of aromatic nitrogens is 2. The minimum atomic E-state index is -0.416. The minimum absolute atomic E-state index is 0.0198. The molecule has 0 radical (unpaired) electrons. The highest BCUT2D eigenvalue weighted by atomic mass is 16.2. The van der Waals surface area contributed by atoms with Crippen molar-refractivity contribution in [1.29, 1.82) is 5.26 Å². The summed E-state index contributed by atoms with van der Waals surface area (Å²) in [6.45, 7) is 5.23. The first-order valence-electron chi connectivity index (χ1n) is 12.5. The van der Waals surface area contributed by atoms with E-state index in [2.05, 4.69) is 47.3 Å². The van der Waals surface area contributed by atoms with Crippen molar-refractivity contribution in [2.24, 2.45) is 5.92 Å². The summed E-state index contributed by atoms with van der Waals surface area (Å²) in [6.07, 6.45) is 5.55. The average Bonchev–Trinajstić information content (AvgIpc) is 3.44. The molecule has 0 unspecified atom stereocenters. The van der Waals surface area contributed by atoms with E-state index in [-0.39, 0.29) is 23.7 Å². The fraction of sp³-hybridized carbons (Fsp3) is 0.345. The number of carbonyl (C=O) groups is 2. The van der Waals surface area contributed by atoms with Crippen molar-refractivity contribution in [3.8, 4) is 6.07 Å². The molecule has 8 nitrogen and oxygen atoms in total. The van der Waals surface area contributed by atoms with Gasteiger partial charge in [0.25, 0.3) is 0 Å². The maximum Gasteiger partial charge on any atom is 0.232 e. The van der Waals surface area contributed by atoms with Gasteiger partial charge in [-0.05, 0) is 53.8 Å². The second-order valence-electron chi connectivity index (χ2n) is 10.4. The molecule has 1 N–H and O–H groups in total. The van der Waals surface area contributed by atoms with E-state index in [1.807, 2.05) is 29.4 Å². The Balaban J connectivity index is 1.31. The van der Waals surface area contributed by atoms with E-state index < -0.39 is 5.92 Å². The Morgan fingerprint density at radius 1 is 1.14 bits per heavy atom. The van der Waals surface area contributed by atoms with E-state index in [9.17, 15) is 14.9 Å². The monoisotopic (exact) mass is 494 g/mol. The largest absolute Gasteiger partial charge is 0.357 e. The minimum Gasteiger partial charge on any atom is -0.357 e. The van der Waals surface area contributed by atoms with Gasteiger partial charge in [-0.15, -0.1) is 0 Å². The first kappa shape index (κ1) is 24.4. The molecule has 0 saturated carbocycles. The zero-order valence-corrected chi connectivity index (χ0v) is 21.4. The van der Waals surface area contributed by atoms with E-state index in [1.165, 1.54) is 5.56 Å². The van der Waals surface area contributed by atoms with Crippen molar-refractivity contribution in [3.05, 3.63) is 77.1 Å². The Kier molecular flexibility index (Phi) is 6.38. The molecule has 2 amide bonds. The fourth-order valence-electron chi connectivity index (χ4n) is 5.27. The third kappa shape index (κ3) is 4.77. The van der Waals surface area contributed by atoms with Crippen molar-refractivity contribution in [1.82, 2.24) is 9.97 Å². The lowest BCUT2D eigenvalue weighted by molar-refractivity contribution is -0.124. The summed E-state index contributed by atoms with van der Waals surface area (Å²) in [5.74, 6) is 0.0821. The smallest absolute Gasteiger partial charge is 0.232 e. The van der Waals surface area contributed by atoms with Crippen LogP contribution in [0.1, 0.15) is 42.5 Å². The number of anilines is 3. The summed E-state index contributed by atoms with van der Waals surface area (Å²) in [7, 11) is 1.80. The van der Waals surface area contributed by atoms with Crippen molar-refractivity contribution in [3.63, 3.8) is 0 Å². The number of hydrogen-bond donors (Lipinski definition) is 1. The molecule has 37 heavy (non-hydrogen) atoms. The highest BCUT2D eigenvalue weighted by molar-refractivity contribution is 6.05. The van der Waals surface area contributed by atoms with Gasteiger partial charge in [0.05, 0.1) is 17.6 Å². The molecule has 2 aliphatic rings. The standard InChI is InChI=1S/C29H30N6O2/c1-29(2)18-35(27(37)22-13-26(36)34(17-22)23-6-4-5-20(11-23)14-30)25-10-9-19(12-24(25)29)7-8-21-15-32-28(31-3)33-16-21/h4-6,9-12,15-16,22H,7-8,13,17-18H2,1-3H3,(H,31,32,33)/t22-/m0/s1. The molecule has 0 spiro atoms. The molecule has 0 bridgehead atoms. The molecule has 3 heterocycles. The summed E-state index contributed by atoms with van der Waals surface area (Å²) in [4.78, 5) is 38.5. The van der Waals surface area contributed by atoms with Crippen LogP contribution in [0.2, 0.25) is 0 Å². The Morgan fingerprint density at radius 2 is 1.89 bits per heavy atom. The second-order valence-corrected chi connectivity index (χ2v) is 10.4. The summed E-state index contributed by atoms with van der Waals surface area (Å²) < 4.78 is 0. The highest BCUT2D eigenvalue weighted by Crippen LogP contribution is 2.42. The van der Waals surface area contributed by atoms with Crippen LogP contribution in [0.4, 0.5) is 17.3 Å². The van der Waals surface area contributed by atoms with Gasteiger partial charge in [-0.25, -0.2) is 9.97 Å². The molecule has 3 aromatic rings. The van der Waals surface area contributed by atoms with Gasteiger partial charge < -0.3 is 15.1 Å². The van der Waals surface area contributed by atoms with Crippen LogP contribution in [0.25, 0.3) is 0 Å². The Morgan fingerprint density at radius 3 is 2.62 bits per heavy atom. The number of rotatable bonds is 6. The third-order valence-corrected chi connectivity index (χ3v) is 7.29. The van der Waals surface area contributed by atoms with E-state index in [0.29, 0.717) is 30.3 Å². The van der Waals surface area contributed by atoms with Crippen LogP contribution in [-0.4, -0.2) is 41.9 Å². The molecule has 8 heteroatoms. The van der Waals surface area contributed by atoms with E-state index in [0.717, 1.165) is 29.7 Å². The number of nitriles is 1. The van der Waals surface area contributed by atoms with Crippen LogP contribution in [0.15, 0.2) is 54.9 Å². The first-order chi connectivity index (χ1) is 17.8. The molecule has 1 atom stereocenters. The maximum absolute atomic E-state index is 13.7. The normalized spacial score (nSPS) is 18.0. The molecular formula is C29H30N6O2. The molecule has 1 saturated heterocycles. The fourth-order valence-corrected chi connectivity index (χ4v) is 5.27. The number of carbonyl (C=O) groups excluding carboxylic acids is 2. The van der Waals surface area contributed by atoms with E-state index in [1.54, 1.807) is 30.1 Å². The molecule has 2 aliphatic heterocycles. The molecule has 0 aliphatic carbocycles. The second kappa shape index (κ2) is 9.66. The zero-order valence-electron chi connectivity index (χ0n) is 21.4. The lowest BCUT2D eigenvalue weighted by atomic mass is 9.85. The van der Waals surface area contributed by atoms with Crippen LogP contribution >= 0.6 is 0 Å². The maximum atomic E-state index is 13.7. The molecular weight excluding hydrogens is 464 g/mol. The van der Waals surface area contributed by atoms with E-state index >= 15 is 0 Å². The van der Waals surface area contributed by atoms with Gasteiger partial charge in [-0.1, -0.05) is 32.0 Å². The van der Waals surface area contributed by atoms with Gasteiger partial charge in [0.1, 0.15) is 0 Å². The first-order valence-corrected chi connectivity index (χ1v) is 12.5. The van der Waals surface area contributed by atoms with Crippen molar-refractivity contribution >= 4 is 29.1 Å². The number of hydrogen-bond acceptors (Lipinski definition) is 6. The molecule has 1 aromatic heterocycles. The van der Waals surface area contributed by atoms with Gasteiger partial charge in [0.15, 0.2) is 0 Å². The Bertz CT molecular complexity index is 1390. The van der Waals surface area contributed by atoms with Gasteiger partial charge in [-0.3, -0.25) is 9.59 Å². The highest BCUT2D eigenvalue weighted by Gasteiger charge is 2.43. The lowest BCUT2D eigenvalue weighted by Gasteiger charge is -2.23. The van der Waals surface area contributed by atoms with Crippen LogP contribution in [0.5, 0.6) is 0 Å². The van der Waals surface area contributed by atoms with Crippen LogP contribution < -0.4 is 15.1 Å². The lowest BCUT2D eigenvalue weighted by Crippen LogP contribution is -2.39. The topological polar surface area (TPSA) is 102 Å². The number of fused-ring (bicyclic) bond motifs is 1. The van der Waals surface area contributed by atoms with Crippen LogP contribution in [0, 0.1) is 17.2 Å². The quantitative estimate of drug-likeness (QED) is 0.558. The van der Waals surface area contributed by atoms with Crippen LogP contribution in [0.3, 0.4) is 0 Å². The van der Waals surface area contributed by atoms with Gasteiger partial charge in [-0.2, -0.15) is 5.26 Å². The van der Waals surface area contributed by atoms with Gasteiger partial charge in [0.2, 0.25) is 17.8 Å². The third-order valence-electron chi connectivity index (χ3n) is 7.29. The molecule has 2 aromatic carbocycles. The summed E-state index contributed by atoms with van der Waals surface area (Å²) >= 11 is 0. The number of nitrogens with one attached hydrogen (secondary N) is 1. The van der Waals surface area contributed by atoms with Crippen molar-refractivity contribution < 1.29 is 9.59 Å². The van der Waals surface area contributed by atoms with Gasteiger partial charge >= 0.3 is 0 Å². The van der Waals surface area contributed by atoms with Crippen molar-refractivity contribution in [2.75, 3.05) is 35.3 Å². The number of amides is 2. The number of aryl methyl sites for hydroxylation is 2. The number of nitrogens with zero attached hydrogens (tertiary/aromatic N) is 5. The average molecular weight is 495 g/mol. The summed E-state index contributed by atoms with van der Waals surface area (Å²) in [5, 5.41) is 12.1. The predicted octanol–water partition coefficient (Wildman–Crippen LogP) is 3.85. The van der Waals surface area contributed by atoms with Gasteiger partial charge in [0, 0.05) is 55.7 Å². The van der Waals surface area contributed by atoms with E-state index in [4.69, 9.17) is 0 Å². The molecule has 1 fully saturated rings. The van der Waals surface area contributed by atoms with Crippen LogP contribution in [-0.2, 0) is 27.8 Å². The Labute approximate surface area is 217 Å².